The van der Waals surface area contributed by atoms with Crippen LogP contribution in [-0.2, 0) is 10.2 Å². The van der Waals surface area contributed by atoms with Gasteiger partial charge in [0.05, 0.1) is 5.41 Å². The Labute approximate surface area is 95.8 Å². The first-order valence-corrected chi connectivity index (χ1v) is 5.23. The van der Waals surface area contributed by atoms with Crippen LogP contribution >= 0.6 is 11.6 Å². The van der Waals surface area contributed by atoms with Crippen molar-refractivity contribution in [1.29, 1.82) is 0 Å². The topological polar surface area (TPSA) is 37.3 Å². The van der Waals surface area contributed by atoms with E-state index in [0.717, 1.165) is 18.6 Å². The van der Waals surface area contributed by atoms with Crippen LogP contribution in [0.3, 0.4) is 0 Å². The first-order valence-electron chi connectivity index (χ1n) is 4.86. The molecule has 1 N–H and O–H groups in total. The maximum Gasteiger partial charge on any atom is 0.314 e. The largest absolute Gasteiger partial charge is 0.481 e. The number of carboxylic acid groups (broad SMARTS) is 1. The van der Waals surface area contributed by atoms with Crippen molar-refractivity contribution in [1.82, 2.24) is 0 Å². The van der Waals surface area contributed by atoms with E-state index < -0.39 is 23.0 Å². The van der Waals surface area contributed by atoms with Crippen LogP contribution in [0.5, 0.6) is 0 Å². The van der Waals surface area contributed by atoms with E-state index in [-0.39, 0.29) is 10.6 Å². The predicted molar refractivity (Wildman–Crippen MR) is 54.5 cm³/mol. The fourth-order valence-electron chi connectivity index (χ4n) is 2.02. The van der Waals surface area contributed by atoms with Gasteiger partial charge >= 0.3 is 5.97 Å². The maximum atomic E-state index is 13.1. The van der Waals surface area contributed by atoms with E-state index in [9.17, 15) is 13.6 Å². The molecule has 1 aromatic rings. The summed E-state index contributed by atoms with van der Waals surface area (Å²) in [5.41, 5.74) is -0.960. The number of carboxylic acids is 1. The summed E-state index contributed by atoms with van der Waals surface area (Å²) in [5, 5.41) is 9.12. The van der Waals surface area contributed by atoms with Gasteiger partial charge in [-0.1, -0.05) is 18.0 Å². The van der Waals surface area contributed by atoms with Crippen LogP contribution < -0.4 is 0 Å². The molecule has 0 saturated heterocycles. The lowest BCUT2D eigenvalue weighted by Gasteiger charge is -2.38. The molecule has 0 aromatic heterocycles. The van der Waals surface area contributed by atoms with Gasteiger partial charge < -0.3 is 5.11 Å². The number of halogens is 3. The smallest absolute Gasteiger partial charge is 0.314 e. The molecule has 0 spiro atoms. The minimum atomic E-state index is -1.13. The van der Waals surface area contributed by atoms with Crippen molar-refractivity contribution in [2.24, 2.45) is 0 Å². The van der Waals surface area contributed by atoms with Gasteiger partial charge in [0.2, 0.25) is 0 Å². The van der Waals surface area contributed by atoms with E-state index in [0.29, 0.717) is 12.8 Å². The number of benzene rings is 1. The summed E-state index contributed by atoms with van der Waals surface area (Å²) in [6.45, 7) is 0. The Hall–Kier alpha value is -1.16. The minimum absolute atomic E-state index is 0.0269. The third-order valence-electron chi connectivity index (χ3n) is 3.14. The summed E-state index contributed by atoms with van der Waals surface area (Å²) in [7, 11) is 0. The van der Waals surface area contributed by atoms with Crippen LogP contribution in [0.4, 0.5) is 8.78 Å². The molecule has 1 aromatic carbocycles. The number of aliphatic carboxylic acids is 1. The van der Waals surface area contributed by atoms with Crippen molar-refractivity contribution >= 4 is 17.6 Å². The molecule has 1 aliphatic carbocycles. The average molecular weight is 247 g/mol. The van der Waals surface area contributed by atoms with Gasteiger partial charge in [0.25, 0.3) is 0 Å². The van der Waals surface area contributed by atoms with Gasteiger partial charge in [0, 0.05) is 5.02 Å². The summed E-state index contributed by atoms with van der Waals surface area (Å²) in [6.07, 6.45) is 1.57. The van der Waals surface area contributed by atoms with E-state index in [4.69, 9.17) is 16.7 Å². The molecule has 1 fully saturated rings. The molecule has 86 valence electrons. The highest BCUT2D eigenvalue weighted by atomic mass is 35.5. The Morgan fingerprint density at radius 1 is 1.31 bits per heavy atom. The van der Waals surface area contributed by atoms with Gasteiger partial charge in [0.1, 0.15) is 0 Å². The van der Waals surface area contributed by atoms with Crippen molar-refractivity contribution in [3.63, 3.8) is 0 Å². The molecule has 0 heterocycles. The summed E-state index contributed by atoms with van der Waals surface area (Å²) in [6, 6.07) is 1.72. The molecule has 0 unspecified atom stereocenters. The molecule has 2 nitrogen and oxygen atoms in total. The second kappa shape index (κ2) is 3.70. The van der Waals surface area contributed by atoms with Crippen LogP contribution in [0.1, 0.15) is 24.8 Å². The minimum Gasteiger partial charge on any atom is -0.481 e. The molecule has 0 amide bonds. The van der Waals surface area contributed by atoms with Gasteiger partial charge in [-0.3, -0.25) is 4.79 Å². The third-order valence-corrected chi connectivity index (χ3v) is 3.45. The van der Waals surface area contributed by atoms with Crippen LogP contribution in [0.15, 0.2) is 12.1 Å². The summed E-state index contributed by atoms with van der Waals surface area (Å²) in [5.74, 6) is -3.16. The molecule has 0 bridgehead atoms. The Morgan fingerprint density at radius 3 is 2.31 bits per heavy atom. The quantitative estimate of drug-likeness (QED) is 0.814. The second-order valence-electron chi connectivity index (χ2n) is 3.99. The van der Waals surface area contributed by atoms with Crippen LogP contribution in [-0.4, -0.2) is 11.1 Å². The van der Waals surface area contributed by atoms with E-state index >= 15 is 0 Å². The van der Waals surface area contributed by atoms with E-state index in [2.05, 4.69) is 0 Å². The summed E-state index contributed by atoms with van der Waals surface area (Å²) in [4.78, 5) is 11.2. The zero-order chi connectivity index (χ0) is 11.9. The number of hydrogen-bond donors (Lipinski definition) is 1. The fraction of sp³-hybridized carbons (Fsp3) is 0.364. The first-order chi connectivity index (χ1) is 7.47. The highest BCUT2D eigenvalue weighted by Crippen LogP contribution is 2.46. The zero-order valence-corrected chi connectivity index (χ0v) is 9.02. The van der Waals surface area contributed by atoms with Crippen molar-refractivity contribution in [3.05, 3.63) is 34.4 Å². The zero-order valence-electron chi connectivity index (χ0n) is 8.27. The van der Waals surface area contributed by atoms with Crippen LogP contribution in [0.25, 0.3) is 0 Å². The van der Waals surface area contributed by atoms with Crippen LogP contribution in [0.2, 0.25) is 5.02 Å². The SMILES string of the molecule is O=C(O)C1(c2cc(F)c(F)cc2Cl)CCC1. The van der Waals surface area contributed by atoms with Gasteiger partial charge in [-0.15, -0.1) is 0 Å². The fourth-order valence-corrected chi connectivity index (χ4v) is 2.35. The Bertz CT molecular complexity index is 456. The Kier molecular flexibility index (Phi) is 2.62. The normalized spacial score (nSPS) is 17.9. The molecule has 2 rings (SSSR count). The highest BCUT2D eigenvalue weighted by molar-refractivity contribution is 6.31. The van der Waals surface area contributed by atoms with E-state index in [1.54, 1.807) is 0 Å². The lowest BCUT2D eigenvalue weighted by molar-refractivity contribution is -0.147. The monoisotopic (exact) mass is 246 g/mol. The van der Waals surface area contributed by atoms with Crippen LogP contribution in [0, 0.1) is 11.6 Å². The molecule has 0 atom stereocenters. The molecular formula is C11H9ClF2O2. The van der Waals surface area contributed by atoms with Crippen molar-refractivity contribution in [3.8, 4) is 0 Å². The van der Waals surface area contributed by atoms with E-state index in [1.165, 1.54) is 0 Å². The van der Waals surface area contributed by atoms with Gasteiger partial charge in [-0.25, -0.2) is 8.78 Å². The lowest BCUT2D eigenvalue weighted by Crippen LogP contribution is -2.42. The van der Waals surface area contributed by atoms with Gasteiger partial charge in [-0.05, 0) is 30.5 Å². The second-order valence-corrected chi connectivity index (χ2v) is 4.39. The van der Waals surface area contributed by atoms with Gasteiger partial charge in [-0.2, -0.15) is 0 Å². The van der Waals surface area contributed by atoms with E-state index in [1.807, 2.05) is 0 Å². The molecule has 0 radical (unpaired) electrons. The van der Waals surface area contributed by atoms with Crippen molar-refractivity contribution < 1.29 is 18.7 Å². The standard InChI is InChI=1S/C11H9ClF2O2/c12-7-5-9(14)8(13)4-6(7)11(10(15)16)2-1-3-11/h4-5H,1-3H2,(H,15,16). The van der Waals surface area contributed by atoms with Gasteiger partial charge in [0.15, 0.2) is 11.6 Å². The maximum absolute atomic E-state index is 13.1. The van der Waals surface area contributed by atoms with Crippen molar-refractivity contribution in [2.75, 3.05) is 0 Å². The number of rotatable bonds is 2. The predicted octanol–water partition coefficient (Wildman–Crippen LogP) is 3.12. The molecular weight excluding hydrogens is 238 g/mol. The lowest BCUT2D eigenvalue weighted by atomic mass is 9.64. The van der Waals surface area contributed by atoms with Crippen molar-refractivity contribution in [2.45, 2.75) is 24.7 Å². The first kappa shape index (κ1) is 11.3. The molecule has 5 heteroatoms. The molecule has 1 saturated carbocycles. The number of carbonyl (C=O) groups is 1. The molecule has 0 aliphatic heterocycles. The summed E-state index contributed by atoms with van der Waals surface area (Å²) < 4.78 is 26.0. The molecule has 1 aliphatic rings. The third kappa shape index (κ3) is 1.48. The summed E-state index contributed by atoms with van der Waals surface area (Å²) >= 11 is 5.77. The average Bonchev–Trinajstić information content (AvgIpc) is 2.11. The Morgan fingerprint density at radius 2 is 1.88 bits per heavy atom. The number of hydrogen-bond acceptors (Lipinski definition) is 1. The highest BCUT2D eigenvalue weighted by Gasteiger charge is 2.47. The Balaban J connectivity index is 2.55. The molecule has 16 heavy (non-hydrogen) atoms.